The van der Waals surface area contributed by atoms with Gasteiger partial charge in [-0.25, -0.2) is 5.43 Å². The molecule has 0 atom stereocenters. The largest absolute Gasteiger partial charge is 0.385 e. The van der Waals surface area contributed by atoms with Crippen molar-refractivity contribution in [2.24, 2.45) is 5.10 Å². The highest BCUT2D eigenvalue weighted by molar-refractivity contribution is 6.35. The predicted octanol–water partition coefficient (Wildman–Crippen LogP) is -0.316. The molecule has 0 radical (unpaired) electrons. The molecule has 1 aromatic heterocycles. The second-order valence-corrected chi connectivity index (χ2v) is 3.58. The van der Waals surface area contributed by atoms with Crippen LogP contribution in [0.3, 0.4) is 0 Å². The van der Waals surface area contributed by atoms with Gasteiger partial charge in [0, 0.05) is 32.7 Å². The van der Waals surface area contributed by atoms with Crippen molar-refractivity contribution in [2.75, 3.05) is 20.3 Å². The standard InChI is InChI=1S/C12H16N4O3/c1-19-8-2-5-14-11(17)12(18)16-15-9-10-3-6-13-7-4-10/h3-4,6-7,9H,2,5,8H2,1H3,(H,14,17)(H,16,18)/b15-9-. The van der Waals surface area contributed by atoms with Gasteiger partial charge in [0.15, 0.2) is 0 Å². The van der Waals surface area contributed by atoms with Crippen LogP contribution >= 0.6 is 0 Å². The van der Waals surface area contributed by atoms with E-state index in [-0.39, 0.29) is 0 Å². The summed E-state index contributed by atoms with van der Waals surface area (Å²) >= 11 is 0. The molecule has 2 N–H and O–H groups in total. The first-order chi connectivity index (χ1) is 9.24. The van der Waals surface area contributed by atoms with Crippen LogP contribution in [0.1, 0.15) is 12.0 Å². The summed E-state index contributed by atoms with van der Waals surface area (Å²) in [6.45, 7) is 0.913. The van der Waals surface area contributed by atoms with Crippen molar-refractivity contribution in [3.05, 3.63) is 30.1 Å². The van der Waals surface area contributed by atoms with E-state index in [1.165, 1.54) is 6.21 Å². The number of nitrogens with one attached hydrogen (secondary N) is 2. The normalized spacial score (nSPS) is 10.4. The number of methoxy groups -OCH3 is 1. The van der Waals surface area contributed by atoms with Crippen LogP contribution in [-0.2, 0) is 14.3 Å². The number of pyridine rings is 1. The van der Waals surface area contributed by atoms with Crippen molar-refractivity contribution < 1.29 is 14.3 Å². The number of hydrogen-bond acceptors (Lipinski definition) is 5. The van der Waals surface area contributed by atoms with Crippen molar-refractivity contribution >= 4 is 18.0 Å². The average molecular weight is 264 g/mol. The molecule has 0 bridgehead atoms. The van der Waals surface area contributed by atoms with Crippen LogP contribution < -0.4 is 10.7 Å². The molecule has 0 saturated heterocycles. The summed E-state index contributed by atoms with van der Waals surface area (Å²) in [7, 11) is 1.57. The Morgan fingerprint density at radius 3 is 2.79 bits per heavy atom. The van der Waals surface area contributed by atoms with Crippen LogP contribution in [-0.4, -0.2) is 43.3 Å². The molecule has 19 heavy (non-hydrogen) atoms. The fraction of sp³-hybridized carbons (Fsp3) is 0.333. The van der Waals surface area contributed by atoms with Gasteiger partial charge in [0.2, 0.25) is 0 Å². The third-order valence-electron chi connectivity index (χ3n) is 2.10. The van der Waals surface area contributed by atoms with Gasteiger partial charge in [-0.1, -0.05) is 0 Å². The minimum Gasteiger partial charge on any atom is -0.385 e. The van der Waals surface area contributed by atoms with Crippen molar-refractivity contribution in [3.63, 3.8) is 0 Å². The third kappa shape index (κ3) is 6.27. The summed E-state index contributed by atoms with van der Waals surface area (Å²) in [5.74, 6) is -1.52. The van der Waals surface area contributed by atoms with E-state index in [1.807, 2.05) is 0 Å². The van der Waals surface area contributed by atoms with Crippen LogP contribution in [0, 0.1) is 0 Å². The van der Waals surface area contributed by atoms with Crippen LogP contribution in [0.4, 0.5) is 0 Å². The van der Waals surface area contributed by atoms with Crippen LogP contribution in [0.5, 0.6) is 0 Å². The molecule has 0 unspecified atom stereocenters. The Hall–Kier alpha value is -2.28. The first-order valence-corrected chi connectivity index (χ1v) is 5.74. The van der Waals surface area contributed by atoms with Gasteiger partial charge in [0.05, 0.1) is 6.21 Å². The Balaban J connectivity index is 2.27. The topological polar surface area (TPSA) is 92.7 Å². The summed E-state index contributed by atoms with van der Waals surface area (Å²) in [6, 6.07) is 3.45. The quantitative estimate of drug-likeness (QED) is 0.319. The Kier molecular flexibility index (Phi) is 6.81. The highest BCUT2D eigenvalue weighted by Gasteiger charge is 2.10. The van der Waals surface area contributed by atoms with Gasteiger partial charge in [-0.3, -0.25) is 14.6 Å². The Morgan fingerprint density at radius 1 is 1.37 bits per heavy atom. The van der Waals surface area contributed by atoms with Crippen molar-refractivity contribution in [1.82, 2.24) is 15.7 Å². The molecular formula is C12H16N4O3. The molecule has 1 rings (SSSR count). The molecule has 0 aliphatic heterocycles. The SMILES string of the molecule is COCCCNC(=O)C(=O)N/N=C\c1ccncc1. The van der Waals surface area contributed by atoms with Crippen LogP contribution in [0.2, 0.25) is 0 Å². The molecule has 7 nitrogen and oxygen atoms in total. The number of carbonyl (C=O) groups excluding carboxylic acids is 2. The lowest BCUT2D eigenvalue weighted by Crippen LogP contribution is -2.38. The fourth-order valence-electron chi connectivity index (χ4n) is 1.16. The van der Waals surface area contributed by atoms with Crippen molar-refractivity contribution in [2.45, 2.75) is 6.42 Å². The molecule has 0 spiro atoms. The van der Waals surface area contributed by atoms with Crippen molar-refractivity contribution in [1.29, 1.82) is 0 Å². The molecule has 0 fully saturated rings. The fourth-order valence-corrected chi connectivity index (χ4v) is 1.16. The zero-order valence-corrected chi connectivity index (χ0v) is 10.6. The number of carbonyl (C=O) groups is 2. The number of ether oxygens (including phenoxy) is 1. The van der Waals surface area contributed by atoms with Gasteiger partial charge in [-0.15, -0.1) is 0 Å². The second kappa shape index (κ2) is 8.76. The lowest BCUT2D eigenvalue weighted by Gasteiger charge is -2.02. The molecule has 1 heterocycles. The van der Waals surface area contributed by atoms with Gasteiger partial charge in [0.1, 0.15) is 0 Å². The van der Waals surface area contributed by atoms with E-state index in [9.17, 15) is 9.59 Å². The molecule has 0 aromatic carbocycles. The summed E-state index contributed by atoms with van der Waals surface area (Å²) in [5.41, 5.74) is 2.91. The first-order valence-electron chi connectivity index (χ1n) is 5.74. The molecule has 0 aliphatic rings. The van der Waals surface area contributed by atoms with E-state index in [1.54, 1.807) is 31.6 Å². The highest BCUT2D eigenvalue weighted by atomic mass is 16.5. The summed E-state index contributed by atoms with van der Waals surface area (Å²) < 4.78 is 4.82. The minimum absolute atomic E-state index is 0.383. The molecule has 0 aliphatic carbocycles. The molecule has 0 saturated carbocycles. The summed E-state index contributed by atoms with van der Waals surface area (Å²) in [6.07, 6.45) is 5.28. The van der Waals surface area contributed by atoms with Crippen LogP contribution in [0.15, 0.2) is 29.6 Å². The van der Waals surface area contributed by atoms with E-state index in [4.69, 9.17) is 4.74 Å². The zero-order valence-electron chi connectivity index (χ0n) is 10.6. The van der Waals surface area contributed by atoms with Gasteiger partial charge in [-0.2, -0.15) is 5.10 Å². The molecule has 1 aromatic rings. The smallest absolute Gasteiger partial charge is 0.329 e. The number of amides is 2. The van der Waals surface area contributed by atoms with E-state index >= 15 is 0 Å². The monoisotopic (exact) mass is 264 g/mol. The van der Waals surface area contributed by atoms with Crippen molar-refractivity contribution in [3.8, 4) is 0 Å². The maximum atomic E-state index is 11.3. The predicted molar refractivity (Wildman–Crippen MR) is 69.5 cm³/mol. The first kappa shape index (κ1) is 14.8. The number of hydrogen-bond donors (Lipinski definition) is 2. The maximum Gasteiger partial charge on any atom is 0.329 e. The highest BCUT2D eigenvalue weighted by Crippen LogP contribution is 1.90. The molecule has 2 amide bonds. The maximum absolute atomic E-state index is 11.3. The third-order valence-corrected chi connectivity index (χ3v) is 2.10. The number of rotatable bonds is 6. The lowest BCUT2D eigenvalue weighted by molar-refractivity contribution is -0.139. The Bertz CT molecular complexity index is 434. The Morgan fingerprint density at radius 2 is 2.11 bits per heavy atom. The number of hydrazone groups is 1. The minimum atomic E-state index is -0.803. The van der Waals surface area contributed by atoms with Gasteiger partial charge in [-0.05, 0) is 24.1 Å². The van der Waals surface area contributed by atoms with Crippen LogP contribution in [0.25, 0.3) is 0 Å². The van der Waals surface area contributed by atoms with Gasteiger partial charge >= 0.3 is 11.8 Å². The second-order valence-electron chi connectivity index (χ2n) is 3.58. The zero-order chi connectivity index (χ0) is 13.9. The van der Waals surface area contributed by atoms with E-state index in [0.29, 0.717) is 19.6 Å². The van der Waals surface area contributed by atoms with E-state index in [2.05, 4.69) is 20.8 Å². The number of nitrogens with zero attached hydrogens (tertiary/aromatic N) is 2. The number of aromatic nitrogens is 1. The molecule has 102 valence electrons. The van der Waals surface area contributed by atoms with Gasteiger partial charge in [0.25, 0.3) is 0 Å². The lowest BCUT2D eigenvalue weighted by atomic mass is 10.3. The summed E-state index contributed by atoms with van der Waals surface area (Å²) in [5, 5.41) is 6.12. The van der Waals surface area contributed by atoms with E-state index < -0.39 is 11.8 Å². The molecule has 7 heteroatoms. The summed E-state index contributed by atoms with van der Waals surface area (Å²) in [4.78, 5) is 26.5. The average Bonchev–Trinajstić information content (AvgIpc) is 2.44. The Labute approximate surface area is 111 Å². The van der Waals surface area contributed by atoms with Gasteiger partial charge < -0.3 is 10.1 Å². The molecular weight excluding hydrogens is 248 g/mol. The van der Waals surface area contributed by atoms with E-state index in [0.717, 1.165) is 5.56 Å².